The summed E-state index contributed by atoms with van der Waals surface area (Å²) in [6.45, 7) is 3.61. The van der Waals surface area contributed by atoms with Crippen molar-refractivity contribution in [3.05, 3.63) is 55.9 Å². The van der Waals surface area contributed by atoms with Gasteiger partial charge in [-0.05, 0) is 52.7 Å². The van der Waals surface area contributed by atoms with Crippen LogP contribution in [0.2, 0.25) is 0 Å². The van der Waals surface area contributed by atoms with Crippen LogP contribution in [0.25, 0.3) is 0 Å². The minimum absolute atomic E-state index is 0.212. The maximum absolute atomic E-state index is 13.3. The highest BCUT2D eigenvalue weighted by atomic mass is 79.9. The van der Waals surface area contributed by atoms with Crippen LogP contribution in [0.15, 0.2) is 34.8 Å². The lowest BCUT2D eigenvalue weighted by molar-refractivity contribution is 0.614. The predicted molar refractivity (Wildman–Crippen MR) is 73.7 cm³/mol. The van der Waals surface area contributed by atoms with E-state index in [1.807, 2.05) is 6.07 Å². The lowest BCUT2D eigenvalue weighted by atomic mass is 10.2. The number of rotatable bonds is 4. The van der Waals surface area contributed by atoms with Crippen LogP contribution < -0.4 is 5.32 Å². The molecule has 0 aliphatic rings. The Morgan fingerprint density at radius 1 is 1.24 bits per heavy atom. The lowest BCUT2D eigenvalue weighted by Crippen LogP contribution is -2.11. The Hall–Kier alpha value is -0.710. The Balaban J connectivity index is 1.87. The SMILES string of the molecule is Cc1ccc(CNCc2ccc(Br)c(F)c2)s1. The maximum atomic E-state index is 13.3. The van der Waals surface area contributed by atoms with E-state index < -0.39 is 0 Å². The molecule has 1 N–H and O–H groups in total. The van der Waals surface area contributed by atoms with Crippen LogP contribution in [-0.4, -0.2) is 0 Å². The van der Waals surface area contributed by atoms with Gasteiger partial charge in [-0.1, -0.05) is 6.07 Å². The summed E-state index contributed by atoms with van der Waals surface area (Å²) in [5, 5.41) is 3.31. The average Bonchev–Trinajstić information content (AvgIpc) is 2.70. The number of nitrogens with one attached hydrogen (secondary N) is 1. The molecule has 17 heavy (non-hydrogen) atoms. The smallest absolute Gasteiger partial charge is 0.137 e. The maximum Gasteiger partial charge on any atom is 0.137 e. The summed E-state index contributed by atoms with van der Waals surface area (Å²) in [6.07, 6.45) is 0. The normalized spacial score (nSPS) is 10.8. The molecular weight excluding hydrogens is 301 g/mol. The molecule has 2 aromatic rings. The first-order chi connectivity index (χ1) is 8.15. The number of hydrogen-bond donors (Lipinski definition) is 1. The molecule has 0 fully saturated rings. The second-order valence-corrected chi connectivity index (χ2v) is 6.09. The van der Waals surface area contributed by atoms with Gasteiger partial charge in [-0.15, -0.1) is 11.3 Å². The molecule has 0 saturated carbocycles. The molecule has 0 bridgehead atoms. The van der Waals surface area contributed by atoms with Crippen LogP contribution in [0.3, 0.4) is 0 Å². The highest BCUT2D eigenvalue weighted by Gasteiger charge is 2.01. The van der Waals surface area contributed by atoms with Gasteiger partial charge in [0.1, 0.15) is 5.82 Å². The Bertz CT molecular complexity index is 510. The van der Waals surface area contributed by atoms with E-state index in [1.165, 1.54) is 9.75 Å². The molecule has 0 saturated heterocycles. The van der Waals surface area contributed by atoms with E-state index in [-0.39, 0.29) is 5.82 Å². The van der Waals surface area contributed by atoms with Crippen molar-refractivity contribution in [3.63, 3.8) is 0 Å². The summed E-state index contributed by atoms with van der Waals surface area (Å²) >= 11 is 4.93. The Morgan fingerprint density at radius 3 is 2.71 bits per heavy atom. The molecule has 1 aromatic carbocycles. The summed E-state index contributed by atoms with van der Waals surface area (Å²) in [5.41, 5.74) is 0.957. The van der Waals surface area contributed by atoms with Gasteiger partial charge in [0.25, 0.3) is 0 Å². The van der Waals surface area contributed by atoms with Gasteiger partial charge < -0.3 is 5.32 Å². The minimum atomic E-state index is -0.212. The van der Waals surface area contributed by atoms with E-state index in [0.29, 0.717) is 11.0 Å². The largest absolute Gasteiger partial charge is 0.308 e. The van der Waals surface area contributed by atoms with Crippen molar-refractivity contribution < 1.29 is 4.39 Å². The van der Waals surface area contributed by atoms with Gasteiger partial charge in [0.05, 0.1) is 4.47 Å². The van der Waals surface area contributed by atoms with Gasteiger partial charge in [-0.3, -0.25) is 0 Å². The van der Waals surface area contributed by atoms with Crippen LogP contribution >= 0.6 is 27.3 Å². The van der Waals surface area contributed by atoms with E-state index in [2.05, 4.69) is 40.3 Å². The molecule has 0 aliphatic heterocycles. The number of hydrogen-bond acceptors (Lipinski definition) is 2. The zero-order valence-electron chi connectivity index (χ0n) is 9.47. The van der Waals surface area contributed by atoms with E-state index in [4.69, 9.17) is 0 Å². The molecule has 1 heterocycles. The first-order valence-electron chi connectivity index (χ1n) is 5.35. The first-order valence-corrected chi connectivity index (χ1v) is 6.96. The fourth-order valence-electron chi connectivity index (χ4n) is 1.56. The van der Waals surface area contributed by atoms with E-state index >= 15 is 0 Å². The number of thiophene rings is 1. The van der Waals surface area contributed by atoms with Crippen molar-refractivity contribution in [2.75, 3.05) is 0 Å². The van der Waals surface area contributed by atoms with Crippen LogP contribution in [0, 0.1) is 12.7 Å². The zero-order valence-corrected chi connectivity index (χ0v) is 11.9. The van der Waals surface area contributed by atoms with Crippen molar-refractivity contribution in [2.24, 2.45) is 0 Å². The summed E-state index contributed by atoms with van der Waals surface area (Å²) in [4.78, 5) is 2.62. The molecular formula is C13H13BrFNS. The Labute approximate surface area is 113 Å². The first kappa shape index (κ1) is 12.7. The average molecular weight is 314 g/mol. The van der Waals surface area contributed by atoms with Crippen LogP contribution in [0.5, 0.6) is 0 Å². The minimum Gasteiger partial charge on any atom is -0.308 e. The molecule has 1 nitrogen and oxygen atoms in total. The van der Waals surface area contributed by atoms with E-state index in [9.17, 15) is 4.39 Å². The van der Waals surface area contributed by atoms with E-state index in [0.717, 1.165) is 12.1 Å². The van der Waals surface area contributed by atoms with Crippen molar-refractivity contribution in [1.82, 2.24) is 5.32 Å². The molecule has 0 amide bonds. The molecule has 1 aromatic heterocycles. The van der Waals surface area contributed by atoms with Gasteiger partial charge in [0, 0.05) is 22.8 Å². The third kappa shape index (κ3) is 3.63. The van der Waals surface area contributed by atoms with Crippen LogP contribution in [0.4, 0.5) is 4.39 Å². The molecule has 0 atom stereocenters. The second kappa shape index (κ2) is 5.76. The molecule has 90 valence electrons. The molecule has 0 radical (unpaired) electrons. The number of halogens is 2. The summed E-state index contributed by atoms with van der Waals surface area (Å²) in [5.74, 6) is -0.212. The zero-order chi connectivity index (χ0) is 12.3. The van der Waals surface area contributed by atoms with Crippen molar-refractivity contribution in [1.29, 1.82) is 0 Å². The lowest BCUT2D eigenvalue weighted by Gasteiger charge is -2.04. The topological polar surface area (TPSA) is 12.0 Å². The number of benzene rings is 1. The fraction of sp³-hybridized carbons (Fsp3) is 0.231. The van der Waals surface area contributed by atoms with Gasteiger partial charge in [0.15, 0.2) is 0 Å². The summed E-state index contributed by atoms with van der Waals surface area (Å²) in [6, 6.07) is 9.44. The van der Waals surface area contributed by atoms with Gasteiger partial charge in [-0.25, -0.2) is 4.39 Å². The van der Waals surface area contributed by atoms with Gasteiger partial charge in [0.2, 0.25) is 0 Å². The Kier molecular flexibility index (Phi) is 4.31. The van der Waals surface area contributed by atoms with Crippen molar-refractivity contribution >= 4 is 27.3 Å². The standard InChI is InChI=1S/C13H13BrFNS/c1-9-2-4-11(17-9)8-16-7-10-3-5-12(14)13(15)6-10/h2-6,16H,7-8H2,1H3. The third-order valence-electron chi connectivity index (χ3n) is 2.41. The monoisotopic (exact) mass is 313 g/mol. The summed E-state index contributed by atoms with van der Waals surface area (Å²) < 4.78 is 13.8. The fourth-order valence-corrected chi connectivity index (χ4v) is 2.67. The molecule has 4 heteroatoms. The van der Waals surface area contributed by atoms with Crippen molar-refractivity contribution in [3.8, 4) is 0 Å². The molecule has 0 unspecified atom stereocenters. The molecule has 0 spiro atoms. The quantitative estimate of drug-likeness (QED) is 0.890. The van der Waals surface area contributed by atoms with Gasteiger partial charge >= 0.3 is 0 Å². The van der Waals surface area contributed by atoms with Crippen LogP contribution in [-0.2, 0) is 13.1 Å². The third-order valence-corrected chi connectivity index (χ3v) is 4.05. The molecule has 2 rings (SSSR count). The number of aryl methyl sites for hydroxylation is 1. The summed E-state index contributed by atoms with van der Waals surface area (Å²) in [7, 11) is 0. The molecule has 0 aliphatic carbocycles. The predicted octanol–water partition coefficient (Wildman–Crippen LogP) is 4.25. The highest BCUT2D eigenvalue weighted by Crippen LogP contribution is 2.17. The second-order valence-electron chi connectivity index (χ2n) is 3.86. The highest BCUT2D eigenvalue weighted by molar-refractivity contribution is 9.10. The van der Waals surface area contributed by atoms with Crippen LogP contribution in [0.1, 0.15) is 15.3 Å². The van der Waals surface area contributed by atoms with E-state index in [1.54, 1.807) is 23.5 Å². The van der Waals surface area contributed by atoms with Crippen molar-refractivity contribution in [2.45, 2.75) is 20.0 Å². The van der Waals surface area contributed by atoms with Gasteiger partial charge in [-0.2, -0.15) is 0 Å². The Morgan fingerprint density at radius 2 is 2.06 bits per heavy atom.